The normalized spacial score (nSPS) is 12.9. The van der Waals surface area contributed by atoms with Gasteiger partial charge < -0.3 is 10.8 Å². The molecule has 0 rings (SSSR count). The lowest BCUT2D eigenvalue weighted by molar-refractivity contribution is -0.140. The van der Waals surface area contributed by atoms with Crippen molar-refractivity contribution in [2.75, 3.05) is 18.1 Å². The highest BCUT2D eigenvalue weighted by atomic mass is 32.2. The van der Waals surface area contributed by atoms with E-state index in [0.717, 1.165) is 12.2 Å². The van der Waals surface area contributed by atoms with Crippen LogP contribution in [0.4, 0.5) is 0 Å². The van der Waals surface area contributed by atoms with Crippen LogP contribution in [0.15, 0.2) is 0 Å². The minimum Gasteiger partial charge on any atom is -0.481 e. The first-order valence-electron chi connectivity index (χ1n) is 3.69. The lowest BCUT2D eigenvalue weighted by atomic mass is 10.2. The van der Waals surface area contributed by atoms with Gasteiger partial charge in [-0.2, -0.15) is 11.8 Å². The van der Waals surface area contributed by atoms with Gasteiger partial charge in [-0.25, -0.2) is 0 Å². The summed E-state index contributed by atoms with van der Waals surface area (Å²) in [7, 11) is 0. The molecule has 0 fully saturated rings. The van der Waals surface area contributed by atoms with Gasteiger partial charge in [0.2, 0.25) is 0 Å². The van der Waals surface area contributed by atoms with Crippen molar-refractivity contribution in [1.82, 2.24) is 0 Å². The lowest BCUT2D eigenvalue weighted by Gasteiger charge is -2.04. The molecule has 4 heteroatoms. The standard InChI is InChI=1S/C7H15NO2S/c1-6(7(9)10)5-11-4-2-3-8/h6H,2-5,8H2,1H3,(H,9,10). The van der Waals surface area contributed by atoms with E-state index in [1.165, 1.54) is 0 Å². The van der Waals surface area contributed by atoms with Crippen molar-refractivity contribution in [3.05, 3.63) is 0 Å². The molecule has 0 radical (unpaired) electrons. The molecule has 66 valence electrons. The number of aliphatic carboxylic acids is 1. The molecule has 0 aromatic heterocycles. The molecule has 11 heavy (non-hydrogen) atoms. The zero-order chi connectivity index (χ0) is 8.69. The van der Waals surface area contributed by atoms with Crippen LogP contribution in [-0.4, -0.2) is 29.1 Å². The van der Waals surface area contributed by atoms with Crippen molar-refractivity contribution in [2.45, 2.75) is 13.3 Å². The molecule has 1 atom stereocenters. The Morgan fingerprint density at radius 2 is 2.36 bits per heavy atom. The number of rotatable bonds is 6. The van der Waals surface area contributed by atoms with E-state index in [4.69, 9.17) is 10.8 Å². The van der Waals surface area contributed by atoms with Gasteiger partial charge in [0.05, 0.1) is 5.92 Å². The molecule has 0 aromatic carbocycles. The molecule has 0 spiro atoms. The monoisotopic (exact) mass is 177 g/mol. The van der Waals surface area contributed by atoms with Crippen molar-refractivity contribution < 1.29 is 9.90 Å². The van der Waals surface area contributed by atoms with E-state index >= 15 is 0 Å². The van der Waals surface area contributed by atoms with Gasteiger partial charge in [0.1, 0.15) is 0 Å². The Kier molecular flexibility index (Phi) is 6.36. The van der Waals surface area contributed by atoms with Gasteiger partial charge in [-0.05, 0) is 18.7 Å². The third-order valence-corrected chi connectivity index (χ3v) is 2.60. The fraction of sp³-hybridized carbons (Fsp3) is 0.857. The number of thioether (sulfide) groups is 1. The zero-order valence-corrected chi connectivity index (χ0v) is 7.56. The molecule has 3 nitrogen and oxygen atoms in total. The Hall–Kier alpha value is -0.220. The number of carboxylic acids is 1. The van der Waals surface area contributed by atoms with Gasteiger partial charge in [-0.1, -0.05) is 6.92 Å². The fourth-order valence-electron chi connectivity index (χ4n) is 0.517. The second-order valence-corrected chi connectivity index (χ2v) is 3.61. The van der Waals surface area contributed by atoms with Gasteiger partial charge in [0.15, 0.2) is 0 Å². The van der Waals surface area contributed by atoms with Gasteiger partial charge in [0, 0.05) is 5.75 Å². The van der Waals surface area contributed by atoms with E-state index in [2.05, 4.69) is 0 Å². The number of hydrogen-bond donors (Lipinski definition) is 2. The average molecular weight is 177 g/mol. The molecule has 0 amide bonds. The molecule has 0 aliphatic carbocycles. The minimum atomic E-state index is -0.717. The molecular weight excluding hydrogens is 162 g/mol. The van der Waals surface area contributed by atoms with E-state index in [0.29, 0.717) is 12.3 Å². The summed E-state index contributed by atoms with van der Waals surface area (Å²) in [6, 6.07) is 0. The highest BCUT2D eigenvalue weighted by Crippen LogP contribution is 2.08. The van der Waals surface area contributed by atoms with Crippen LogP contribution in [0, 0.1) is 5.92 Å². The van der Waals surface area contributed by atoms with Crippen LogP contribution < -0.4 is 5.73 Å². The second-order valence-electron chi connectivity index (χ2n) is 2.46. The summed E-state index contributed by atoms with van der Waals surface area (Å²) in [5.41, 5.74) is 5.28. The highest BCUT2D eigenvalue weighted by Gasteiger charge is 2.09. The molecule has 0 saturated heterocycles. The van der Waals surface area contributed by atoms with Crippen LogP contribution >= 0.6 is 11.8 Å². The number of hydrogen-bond acceptors (Lipinski definition) is 3. The second kappa shape index (κ2) is 6.49. The Morgan fingerprint density at radius 1 is 1.73 bits per heavy atom. The Morgan fingerprint density at radius 3 is 2.82 bits per heavy atom. The fourth-order valence-corrected chi connectivity index (χ4v) is 1.55. The SMILES string of the molecule is CC(CSCCCN)C(=O)O. The molecular formula is C7H15NO2S. The molecule has 0 aromatic rings. The maximum absolute atomic E-state index is 10.3. The molecule has 1 unspecified atom stereocenters. The van der Waals surface area contributed by atoms with Crippen molar-refractivity contribution in [3.8, 4) is 0 Å². The average Bonchev–Trinajstić information content (AvgIpc) is 1.97. The Labute approximate surface area is 71.3 Å². The van der Waals surface area contributed by atoms with Crippen LogP contribution in [-0.2, 0) is 4.79 Å². The van der Waals surface area contributed by atoms with Crippen molar-refractivity contribution in [3.63, 3.8) is 0 Å². The first-order valence-corrected chi connectivity index (χ1v) is 4.84. The van der Waals surface area contributed by atoms with Crippen molar-refractivity contribution in [1.29, 1.82) is 0 Å². The molecule has 0 bridgehead atoms. The maximum Gasteiger partial charge on any atom is 0.307 e. The van der Waals surface area contributed by atoms with E-state index in [9.17, 15) is 4.79 Å². The van der Waals surface area contributed by atoms with Gasteiger partial charge in [-0.3, -0.25) is 4.79 Å². The predicted octanol–water partition coefficient (Wildman–Crippen LogP) is 0.789. The maximum atomic E-state index is 10.3. The van der Waals surface area contributed by atoms with Crippen LogP contribution in [0.2, 0.25) is 0 Å². The van der Waals surface area contributed by atoms with Gasteiger partial charge in [0.25, 0.3) is 0 Å². The third kappa shape index (κ3) is 6.19. The smallest absolute Gasteiger partial charge is 0.307 e. The van der Waals surface area contributed by atoms with E-state index < -0.39 is 5.97 Å². The predicted molar refractivity (Wildman–Crippen MR) is 47.8 cm³/mol. The summed E-state index contributed by atoms with van der Waals surface area (Å²) in [6.07, 6.45) is 0.969. The zero-order valence-electron chi connectivity index (χ0n) is 6.75. The lowest BCUT2D eigenvalue weighted by Crippen LogP contribution is -2.12. The summed E-state index contributed by atoms with van der Waals surface area (Å²) >= 11 is 1.65. The molecule has 0 saturated carbocycles. The first kappa shape index (κ1) is 10.8. The quantitative estimate of drug-likeness (QED) is 0.589. The Bertz CT molecular complexity index is 119. The van der Waals surface area contributed by atoms with Crippen molar-refractivity contribution >= 4 is 17.7 Å². The summed E-state index contributed by atoms with van der Waals surface area (Å²) in [5, 5.41) is 8.50. The molecule has 0 aliphatic rings. The van der Waals surface area contributed by atoms with E-state index in [1.807, 2.05) is 0 Å². The summed E-state index contributed by atoms with van der Waals surface area (Å²) in [4.78, 5) is 10.3. The first-order chi connectivity index (χ1) is 5.18. The van der Waals surface area contributed by atoms with Crippen LogP contribution in [0.1, 0.15) is 13.3 Å². The topological polar surface area (TPSA) is 63.3 Å². The summed E-state index contributed by atoms with van der Waals surface area (Å²) in [5.74, 6) is 0.701. The van der Waals surface area contributed by atoms with E-state index in [-0.39, 0.29) is 5.92 Å². The molecule has 0 heterocycles. The third-order valence-electron chi connectivity index (χ3n) is 1.28. The highest BCUT2D eigenvalue weighted by molar-refractivity contribution is 7.99. The number of carbonyl (C=O) groups is 1. The largest absolute Gasteiger partial charge is 0.481 e. The van der Waals surface area contributed by atoms with Crippen LogP contribution in [0.5, 0.6) is 0 Å². The minimum absolute atomic E-state index is 0.238. The van der Waals surface area contributed by atoms with Gasteiger partial charge in [-0.15, -0.1) is 0 Å². The summed E-state index contributed by atoms with van der Waals surface area (Å²) in [6.45, 7) is 2.41. The number of carboxylic acid groups (broad SMARTS) is 1. The molecule has 3 N–H and O–H groups in total. The van der Waals surface area contributed by atoms with Crippen LogP contribution in [0.25, 0.3) is 0 Å². The van der Waals surface area contributed by atoms with Crippen molar-refractivity contribution in [2.24, 2.45) is 11.7 Å². The van der Waals surface area contributed by atoms with E-state index in [1.54, 1.807) is 18.7 Å². The molecule has 0 aliphatic heterocycles. The Balaban J connectivity index is 3.17. The van der Waals surface area contributed by atoms with Gasteiger partial charge >= 0.3 is 5.97 Å². The number of nitrogens with two attached hydrogens (primary N) is 1. The van der Waals surface area contributed by atoms with Crippen LogP contribution in [0.3, 0.4) is 0 Å². The summed E-state index contributed by atoms with van der Waals surface area (Å²) < 4.78 is 0.